The first kappa shape index (κ1) is 17.9. The molecule has 9 heteroatoms. The third-order valence-corrected chi connectivity index (χ3v) is 5.77. The Balaban J connectivity index is 1.30. The zero-order valence-electron chi connectivity index (χ0n) is 14.3. The highest BCUT2D eigenvalue weighted by Gasteiger charge is 2.33. The highest BCUT2D eigenvalue weighted by Crippen LogP contribution is 2.40. The van der Waals surface area contributed by atoms with Gasteiger partial charge in [0.1, 0.15) is 0 Å². The van der Waals surface area contributed by atoms with Crippen molar-refractivity contribution in [2.75, 3.05) is 31.5 Å². The highest BCUT2D eigenvalue weighted by atomic mass is 35.5. The molecule has 1 aromatic carbocycles. The molecule has 27 heavy (non-hydrogen) atoms. The molecule has 7 nitrogen and oxygen atoms in total. The highest BCUT2D eigenvalue weighted by molar-refractivity contribution is 8.01. The molecular weight excluding hydrogens is 388 g/mol. The molecule has 1 atom stereocenters. The smallest absolute Gasteiger partial charge is 0.409 e. The average molecular weight is 405 g/mol. The van der Waals surface area contributed by atoms with Crippen LogP contribution in [-0.4, -0.2) is 58.3 Å². The summed E-state index contributed by atoms with van der Waals surface area (Å²) in [5.41, 5.74) is 0.918. The van der Waals surface area contributed by atoms with Gasteiger partial charge in [-0.15, -0.1) is 0 Å². The summed E-state index contributed by atoms with van der Waals surface area (Å²) < 4.78 is 5.29. The van der Waals surface area contributed by atoms with Crippen LogP contribution >= 0.6 is 23.4 Å². The van der Waals surface area contributed by atoms with E-state index in [0.29, 0.717) is 37.0 Å². The summed E-state index contributed by atoms with van der Waals surface area (Å²) >= 11 is 7.48. The number of benzene rings is 1. The number of piperazine rings is 1. The largest absolute Gasteiger partial charge is 0.415 e. The van der Waals surface area contributed by atoms with E-state index in [1.165, 1.54) is 18.0 Å². The lowest BCUT2D eigenvalue weighted by Crippen LogP contribution is -2.53. The quantitative estimate of drug-likeness (QED) is 0.829. The van der Waals surface area contributed by atoms with E-state index in [1.807, 2.05) is 12.1 Å². The minimum Gasteiger partial charge on any atom is -0.409 e. The molecule has 4 rings (SSSR count). The molecule has 1 unspecified atom stereocenters. The maximum atomic E-state index is 12.8. The van der Waals surface area contributed by atoms with Gasteiger partial charge in [-0.3, -0.25) is 9.78 Å². The number of ether oxygens (including phenoxy) is 1. The number of amides is 2. The SMILES string of the molecule is O=C(Oc1cccnc1)N1CCN(C(=O)C2Nc3ccc(Cl)cc3S2)CC1. The van der Waals surface area contributed by atoms with Crippen LogP contribution in [0.5, 0.6) is 5.75 Å². The van der Waals surface area contributed by atoms with E-state index in [-0.39, 0.29) is 11.3 Å². The predicted molar refractivity (Wildman–Crippen MR) is 103 cm³/mol. The Labute approximate surface area is 165 Å². The second-order valence-electron chi connectivity index (χ2n) is 6.15. The van der Waals surface area contributed by atoms with Gasteiger partial charge in [0.25, 0.3) is 5.91 Å². The summed E-state index contributed by atoms with van der Waals surface area (Å²) in [6.07, 6.45) is 2.68. The van der Waals surface area contributed by atoms with Crippen LogP contribution in [0, 0.1) is 0 Å². The van der Waals surface area contributed by atoms with Crippen LogP contribution in [-0.2, 0) is 4.79 Å². The maximum absolute atomic E-state index is 12.8. The number of nitrogens with zero attached hydrogens (tertiary/aromatic N) is 3. The zero-order valence-corrected chi connectivity index (χ0v) is 15.9. The lowest BCUT2D eigenvalue weighted by atomic mass is 10.3. The molecule has 2 amide bonds. The molecule has 2 aromatic rings. The molecule has 0 spiro atoms. The monoisotopic (exact) mass is 404 g/mol. The van der Waals surface area contributed by atoms with E-state index in [4.69, 9.17) is 16.3 Å². The molecule has 1 fully saturated rings. The van der Waals surface area contributed by atoms with Crippen molar-refractivity contribution >= 4 is 41.1 Å². The van der Waals surface area contributed by atoms with Crippen LogP contribution in [0.4, 0.5) is 10.5 Å². The fourth-order valence-corrected chi connectivity index (χ4v) is 4.35. The van der Waals surface area contributed by atoms with Crippen molar-refractivity contribution in [3.8, 4) is 5.75 Å². The van der Waals surface area contributed by atoms with E-state index in [9.17, 15) is 9.59 Å². The van der Waals surface area contributed by atoms with E-state index in [1.54, 1.807) is 34.2 Å². The fourth-order valence-electron chi connectivity index (χ4n) is 2.97. The molecule has 1 aromatic heterocycles. The van der Waals surface area contributed by atoms with Crippen molar-refractivity contribution in [1.29, 1.82) is 0 Å². The summed E-state index contributed by atoms with van der Waals surface area (Å²) in [7, 11) is 0. The Hall–Kier alpha value is -2.45. The molecule has 2 aliphatic heterocycles. The van der Waals surface area contributed by atoms with Crippen molar-refractivity contribution in [1.82, 2.24) is 14.8 Å². The van der Waals surface area contributed by atoms with Gasteiger partial charge in [0.05, 0.1) is 6.20 Å². The van der Waals surface area contributed by atoms with Crippen molar-refractivity contribution < 1.29 is 14.3 Å². The van der Waals surface area contributed by atoms with E-state index >= 15 is 0 Å². The summed E-state index contributed by atoms with van der Waals surface area (Å²) in [4.78, 5) is 33.3. The van der Waals surface area contributed by atoms with E-state index in [2.05, 4.69) is 10.3 Å². The van der Waals surface area contributed by atoms with Crippen LogP contribution in [0.1, 0.15) is 0 Å². The van der Waals surface area contributed by atoms with Gasteiger partial charge in [-0.25, -0.2) is 4.79 Å². The topological polar surface area (TPSA) is 74.8 Å². The molecular formula is C18H17ClN4O3S. The Bertz CT molecular complexity index is 859. The Kier molecular flexibility index (Phi) is 5.09. The van der Waals surface area contributed by atoms with Crippen molar-refractivity contribution in [3.05, 3.63) is 47.7 Å². The zero-order chi connectivity index (χ0) is 18.8. The van der Waals surface area contributed by atoms with Crippen LogP contribution in [0.15, 0.2) is 47.6 Å². The molecule has 140 valence electrons. The molecule has 3 heterocycles. The van der Waals surface area contributed by atoms with Crippen molar-refractivity contribution in [3.63, 3.8) is 0 Å². The number of hydrogen-bond acceptors (Lipinski definition) is 6. The Morgan fingerprint density at radius 2 is 1.96 bits per heavy atom. The number of halogens is 1. The number of pyridine rings is 1. The van der Waals surface area contributed by atoms with Gasteiger partial charge in [-0.2, -0.15) is 0 Å². The number of carbonyl (C=O) groups is 2. The Morgan fingerprint density at radius 3 is 2.70 bits per heavy atom. The van der Waals surface area contributed by atoms with Gasteiger partial charge in [0.2, 0.25) is 0 Å². The van der Waals surface area contributed by atoms with E-state index in [0.717, 1.165) is 10.6 Å². The minimum absolute atomic E-state index is 0.00704. The summed E-state index contributed by atoms with van der Waals surface area (Å²) in [5.74, 6) is 0.414. The van der Waals surface area contributed by atoms with Crippen LogP contribution in [0.3, 0.4) is 0 Å². The van der Waals surface area contributed by atoms with Gasteiger partial charge in [0.15, 0.2) is 11.1 Å². The number of hydrogen-bond donors (Lipinski definition) is 1. The number of rotatable bonds is 2. The standard InChI is InChI=1S/C18H17ClN4O3S/c19-12-3-4-14-15(10-12)27-16(21-14)17(24)22-6-8-23(9-7-22)18(25)26-13-2-1-5-20-11-13/h1-5,10-11,16,21H,6-9H2. The second kappa shape index (κ2) is 7.66. The predicted octanol–water partition coefficient (Wildman–Crippen LogP) is 2.92. The lowest BCUT2D eigenvalue weighted by molar-refractivity contribution is -0.131. The maximum Gasteiger partial charge on any atom is 0.415 e. The molecule has 0 bridgehead atoms. The first-order valence-corrected chi connectivity index (χ1v) is 9.74. The van der Waals surface area contributed by atoms with Crippen LogP contribution < -0.4 is 10.1 Å². The number of thioether (sulfide) groups is 1. The van der Waals surface area contributed by atoms with Crippen LogP contribution in [0.2, 0.25) is 5.02 Å². The minimum atomic E-state index is -0.425. The average Bonchev–Trinajstić information content (AvgIpc) is 3.11. The first-order valence-electron chi connectivity index (χ1n) is 8.48. The molecule has 0 aliphatic carbocycles. The Morgan fingerprint density at radius 1 is 1.19 bits per heavy atom. The first-order chi connectivity index (χ1) is 13.1. The molecule has 2 aliphatic rings. The van der Waals surface area contributed by atoms with Gasteiger partial charge >= 0.3 is 6.09 Å². The normalized spacial score (nSPS) is 18.6. The van der Waals surface area contributed by atoms with Gasteiger partial charge in [0, 0.05) is 48.0 Å². The number of carbonyl (C=O) groups excluding carboxylic acids is 2. The third-order valence-electron chi connectivity index (χ3n) is 4.39. The molecule has 0 radical (unpaired) electrons. The van der Waals surface area contributed by atoms with Crippen molar-refractivity contribution in [2.24, 2.45) is 0 Å². The summed E-state index contributed by atoms with van der Waals surface area (Å²) in [6, 6.07) is 8.92. The van der Waals surface area contributed by atoms with Gasteiger partial charge < -0.3 is 19.9 Å². The fraction of sp³-hybridized carbons (Fsp3) is 0.278. The lowest BCUT2D eigenvalue weighted by Gasteiger charge is -2.35. The number of anilines is 1. The molecule has 1 saturated heterocycles. The van der Waals surface area contributed by atoms with Crippen LogP contribution in [0.25, 0.3) is 0 Å². The van der Waals surface area contributed by atoms with Crippen molar-refractivity contribution in [2.45, 2.75) is 10.3 Å². The third kappa shape index (κ3) is 3.96. The number of nitrogens with one attached hydrogen (secondary N) is 1. The van der Waals surface area contributed by atoms with Gasteiger partial charge in [-0.1, -0.05) is 23.4 Å². The van der Waals surface area contributed by atoms with E-state index < -0.39 is 6.09 Å². The number of aromatic nitrogens is 1. The van der Waals surface area contributed by atoms with Gasteiger partial charge in [-0.05, 0) is 30.3 Å². The second-order valence-corrected chi connectivity index (χ2v) is 7.74. The summed E-state index contributed by atoms with van der Waals surface area (Å²) in [6.45, 7) is 1.80. The molecule has 1 N–H and O–H groups in total. The number of fused-ring (bicyclic) bond motifs is 1. The molecule has 0 saturated carbocycles. The summed E-state index contributed by atoms with van der Waals surface area (Å²) in [5, 5.41) is 3.51.